The van der Waals surface area contributed by atoms with Crippen molar-refractivity contribution in [2.45, 2.75) is 32.1 Å². The Balaban J connectivity index is 2.04. The van der Waals surface area contributed by atoms with Gasteiger partial charge in [0.25, 0.3) is 0 Å². The molecular formula is C15H18N2O. The molecule has 0 radical (unpaired) electrons. The molecule has 2 aromatic rings. The standard InChI is InChI=1S/C15H18N2O/c1-10-6-8-11(9-7-10)12-4-3-5-13-14(12)15(16-2)18-17-13/h6-9,12,16H,3-5H2,1-2H3. The molecular weight excluding hydrogens is 224 g/mol. The number of aromatic nitrogens is 1. The van der Waals surface area contributed by atoms with Gasteiger partial charge in [0.1, 0.15) is 0 Å². The highest BCUT2D eigenvalue weighted by atomic mass is 16.5. The summed E-state index contributed by atoms with van der Waals surface area (Å²) < 4.78 is 5.38. The van der Waals surface area contributed by atoms with E-state index >= 15 is 0 Å². The lowest BCUT2D eigenvalue weighted by Gasteiger charge is -2.22. The molecule has 1 aliphatic carbocycles. The maximum absolute atomic E-state index is 5.38. The van der Waals surface area contributed by atoms with Gasteiger partial charge in [-0.25, -0.2) is 0 Å². The molecule has 1 atom stereocenters. The minimum absolute atomic E-state index is 0.419. The van der Waals surface area contributed by atoms with Gasteiger partial charge in [-0.15, -0.1) is 0 Å². The fourth-order valence-corrected chi connectivity index (χ4v) is 2.80. The molecule has 0 saturated heterocycles. The molecule has 0 aliphatic heterocycles. The lowest BCUT2D eigenvalue weighted by Crippen LogP contribution is -2.11. The Morgan fingerprint density at radius 3 is 2.78 bits per heavy atom. The number of hydrogen-bond donors (Lipinski definition) is 1. The van der Waals surface area contributed by atoms with Crippen molar-refractivity contribution in [3.05, 3.63) is 46.6 Å². The molecule has 0 spiro atoms. The Morgan fingerprint density at radius 1 is 1.28 bits per heavy atom. The fraction of sp³-hybridized carbons (Fsp3) is 0.400. The Hall–Kier alpha value is -1.77. The van der Waals surface area contributed by atoms with Crippen LogP contribution in [0.2, 0.25) is 0 Å². The zero-order chi connectivity index (χ0) is 12.5. The van der Waals surface area contributed by atoms with Crippen molar-refractivity contribution in [1.82, 2.24) is 5.16 Å². The number of aryl methyl sites for hydroxylation is 2. The van der Waals surface area contributed by atoms with Crippen LogP contribution in [0.1, 0.15) is 41.1 Å². The summed E-state index contributed by atoms with van der Waals surface area (Å²) in [5.41, 5.74) is 5.04. The van der Waals surface area contributed by atoms with Crippen molar-refractivity contribution in [2.75, 3.05) is 12.4 Å². The van der Waals surface area contributed by atoms with Gasteiger partial charge in [0, 0.05) is 18.5 Å². The van der Waals surface area contributed by atoms with Crippen LogP contribution in [0, 0.1) is 6.92 Å². The number of rotatable bonds is 2. The maximum atomic E-state index is 5.38. The molecule has 0 saturated carbocycles. The molecule has 0 bridgehead atoms. The average molecular weight is 242 g/mol. The van der Waals surface area contributed by atoms with E-state index in [-0.39, 0.29) is 0 Å². The first kappa shape index (κ1) is 11.3. The second-order valence-electron chi connectivity index (χ2n) is 4.98. The first-order valence-electron chi connectivity index (χ1n) is 6.52. The summed E-state index contributed by atoms with van der Waals surface area (Å²) >= 11 is 0. The van der Waals surface area contributed by atoms with Crippen LogP contribution in [0.3, 0.4) is 0 Å². The van der Waals surface area contributed by atoms with Gasteiger partial charge in [0.15, 0.2) is 0 Å². The number of benzene rings is 1. The van der Waals surface area contributed by atoms with Crippen molar-refractivity contribution < 1.29 is 4.52 Å². The third-order valence-corrected chi connectivity index (χ3v) is 3.76. The van der Waals surface area contributed by atoms with Crippen molar-refractivity contribution in [1.29, 1.82) is 0 Å². The maximum Gasteiger partial charge on any atom is 0.228 e. The highest BCUT2D eigenvalue weighted by Gasteiger charge is 2.28. The Morgan fingerprint density at radius 2 is 2.06 bits per heavy atom. The molecule has 1 aromatic carbocycles. The number of nitrogens with one attached hydrogen (secondary N) is 1. The van der Waals surface area contributed by atoms with Crippen LogP contribution < -0.4 is 5.32 Å². The topological polar surface area (TPSA) is 38.1 Å². The molecule has 18 heavy (non-hydrogen) atoms. The molecule has 3 nitrogen and oxygen atoms in total. The van der Waals surface area contributed by atoms with Crippen LogP contribution in [-0.4, -0.2) is 12.2 Å². The van der Waals surface area contributed by atoms with Crippen LogP contribution in [0.5, 0.6) is 0 Å². The van der Waals surface area contributed by atoms with E-state index in [0.29, 0.717) is 5.92 Å². The summed E-state index contributed by atoms with van der Waals surface area (Å²) in [5.74, 6) is 1.25. The number of nitrogens with zero attached hydrogens (tertiary/aromatic N) is 1. The smallest absolute Gasteiger partial charge is 0.228 e. The Kier molecular flexibility index (Phi) is 2.82. The Labute approximate surface area is 107 Å². The van der Waals surface area contributed by atoms with Crippen LogP contribution in [0.15, 0.2) is 28.8 Å². The highest BCUT2D eigenvalue weighted by Crippen LogP contribution is 2.40. The van der Waals surface area contributed by atoms with Crippen molar-refractivity contribution in [2.24, 2.45) is 0 Å². The number of anilines is 1. The zero-order valence-electron chi connectivity index (χ0n) is 10.9. The van der Waals surface area contributed by atoms with E-state index in [4.69, 9.17) is 4.52 Å². The normalized spacial score (nSPS) is 18.4. The molecule has 1 aromatic heterocycles. The second kappa shape index (κ2) is 4.48. The van der Waals surface area contributed by atoms with Gasteiger partial charge in [-0.1, -0.05) is 35.0 Å². The van der Waals surface area contributed by atoms with Gasteiger partial charge in [-0.3, -0.25) is 0 Å². The van der Waals surface area contributed by atoms with Crippen LogP contribution in [0.4, 0.5) is 5.88 Å². The van der Waals surface area contributed by atoms with Crippen LogP contribution in [0.25, 0.3) is 0 Å². The predicted octanol–water partition coefficient (Wildman–Crippen LogP) is 3.49. The first-order valence-corrected chi connectivity index (χ1v) is 6.52. The van der Waals surface area contributed by atoms with E-state index in [1.165, 1.54) is 29.5 Å². The highest BCUT2D eigenvalue weighted by molar-refractivity contribution is 5.50. The van der Waals surface area contributed by atoms with Crippen molar-refractivity contribution in [3.8, 4) is 0 Å². The largest absolute Gasteiger partial charge is 0.357 e. The van der Waals surface area contributed by atoms with Crippen LogP contribution >= 0.6 is 0 Å². The van der Waals surface area contributed by atoms with Gasteiger partial charge in [0.2, 0.25) is 5.88 Å². The SMILES string of the molecule is CNc1onc2c1C(c1ccc(C)cc1)CCC2. The summed E-state index contributed by atoms with van der Waals surface area (Å²) in [6, 6.07) is 8.80. The lowest BCUT2D eigenvalue weighted by atomic mass is 9.81. The van der Waals surface area contributed by atoms with E-state index < -0.39 is 0 Å². The summed E-state index contributed by atoms with van der Waals surface area (Å²) in [4.78, 5) is 0. The summed E-state index contributed by atoms with van der Waals surface area (Å²) in [5, 5.41) is 7.30. The summed E-state index contributed by atoms with van der Waals surface area (Å²) in [6.45, 7) is 2.12. The molecule has 0 amide bonds. The average Bonchev–Trinajstić information content (AvgIpc) is 2.82. The monoisotopic (exact) mass is 242 g/mol. The third-order valence-electron chi connectivity index (χ3n) is 3.76. The molecule has 1 unspecified atom stereocenters. The zero-order valence-corrected chi connectivity index (χ0v) is 10.9. The van der Waals surface area contributed by atoms with E-state index in [2.05, 4.69) is 41.7 Å². The minimum Gasteiger partial charge on any atom is -0.357 e. The van der Waals surface area contributed by atoms with E-state index in [9.17, 15) is 0 Å². The van der Waals surface area contributed by atoms with E-state index in [1.807, 2.05) is 7.05 Å². The van der Waals surface area contributed by atoms with Gasteiger partial charge in [0.05, 0.1) is 5.69 Å². The van der Waals surface area contributed by atoms with Gasteiger partial charge < -0.3 is 9.84 Å². The summed E-state index contributed by atoms with van der Waals surface area (Å²) in [7, 11) is 1.89. The summed E-state index contributed by atoms with van der Waals surface area (Å²) in [6.07, 6.45) is 3.38. The molecule has 0 fully saturated rings. The second-order valence-corrected chi connectivity index (χ2v) is 4.98. The van der Waals surface area contributed by atoms with Crippen LogP contribution in [-0.2, 0) is 6.42 Å². The molecule has 1 N–H and O–H groups in total. The lowest BCUT2D eigenvalue weighted by molar-refractivity contribution is 0.424. The van der Waals surface area contributed by atoms with Crippen molar-refractivity contribution in [3.63, 3.8) is 0 Å². The van der Waals surface area contributed by atoms with E-state index in [1.54, 1.807) is 0 Å². The van der Waals surface area contributed by atoms with E-state index in [0.717, 1.165) is 18.0 Å². The fourth-order valence-electron chi connectivity index (χ4n) is 2.80. The quantitative estimate of drug-likeness (QED) is 0.876. The molecule has 3 heteroatoms. The predicted molar refractivity (Wildman–Crippen MR) is 72.0 cm³/mol. The minimum atomic E-state index is 0.419. The van der Waals surface area contributed by atoms with Gasteiger partial charge >= 0.3 is 0 Å². The molecule has 1 heterocycles. The van der Waals surface area contributed by atoms with Gasteiger partial charge in [-0.2, -0.15) is 0 Å². The molecule has 3 rings (SSSR count). The van der Waals surface area contributed by atoms with Gasteiger partial charge in [-0.05, 0) is 31.7 Å². The Bertz CT molecular complexity index is 529. The molecule has 1 aliphatic rings. The first-order chi connectivity index (χ1) is 8.79. The van der Waals surface area contributed by atoms with Crippen molar-refractivity contribution >= 4 is 5.88 Å². The third kappa shape index (κ3) is 1.80. The number of hydrogen-bond acceptors (Lipinski definition) is 3. The molecule has 94 valence electrons. The number of fused-ring (bicyclic) bond motifs is 1.